The maximum atomic E-state index is 11.2. The van der Waals surface area contributed by atoms with E-state index >= 15 is 0 Å². The molecule has 0 amide bonds. The summed E-state index contributed by atoms with van der Waals surface area (Å²) >= 11 is 3.22. The summed E-state index contributed by atoms with van der Waals surface area (Å²) in [6.07, 6.45) is 0. The Labute approximate surface area is 136 Å². The van der Waals surface area contributed by atoms with Gasteiger partial charge >= 0.3 is 5.97 Å². The first-order valence-corrected chi connectivity index (χ1v) is 7.47. The van der Waals surface area contributed by atoms with Crippen LogP contribution in [0.3, 0.4) is 0 Å². The molecule has 0 spiro atoms. The van der Waals surface area contributed by atoms with Crippen molar-refractivity contribution in [2.45, 2.75) is 6.54 Å². The summed E-state index contributed by atoms with van der Waals surface area (Å²) < 4.78 is 15.1. The molecule has 0 aromatic heterocycles. The van der Waals surface area contributed by atoms with Gasteiger partial charge in [-0.15, -0.1) is 0 Å². The average molecular weight is 377 g/mol. The fraction of sp³-hybridized carbons (Fsp3) is 0.462. The van der Waals surface area contributed by atoms with Crippen LogP contribution in [-0.4, -0.2) is 43.6 Å². The van der Waals surface area contributed by atoms with Crippen molar-refractivity contribution >= 4 is 27.6 Å². The highest BCUT2D eigenvalue weighted by molar-refractivity contribution is 9.09. The third kappa shape index (κ3) is 5.15. The van der Waals surface area contributed by atoms with Gasteiger partial charge in [0, 0.05) is 17.4 Å². The lowest BCUT2D eigenvalue weighted by atomic mass is 10.1. The molecular weight excluding hydrogens is 360 g/mol. The molecule has 0 aliphatic heterocycles. The molecule has 0 aliphatic rings. The molecule has 0 bridgehead atoms. The van der Waals surface area contributed by atoms with E-state index < -0.39 is 10.9 Å². The van der Waals surface area contributed by atoms with Gasteiger partial charge in [0.15, 0.2) is 11.5 Å². The third-order valence-corrected chi connectivity index (χ3v) is 3.03. The Balaban J connectivity index is 2.98. The van der Waals surface area contributed by atoms with Gasteiger partial charge in [-0.25, -0.2) is 0 Å². The number of carbonyl (C=O) groups excluding carboxylic acids is 1. The summed E-state index contributed by atoms with van der Waals surface area (Å²) in [4.78, 5) is 21.7. The lowest BCUT2D eigenvalue weighted by Crippen LogP contribution is -2.23. The first-order chi connectivity index (χ1) is 10.5. The fourth-order valence-electron chi connectivity index (χ4n) is 1.70. The second-order valence-electron chi connectivity index (χ2n) is 4.11. The van der Waals surface area contributed by atoms with Gasteiger partial charge in [-0.05, 0) is 6.07 Å². The van der Waals surface area contributed by atoms with Crippen LogP contribution < -0.4 is 14.8 Å². The molecule has 1 N–H and O–H groups in total. The molecule has 9 heteroatoms. The standard InChI is InChI=1S/C13H17BrN2O6/c1-20-11-5-9(7-15-8-13(17)21-2)10(16(18)19)6-12(11)22-4-3-14/h5-6,15H,3-4,7-8H2,1-2H3. The zero-order chi connectivity index (χ0) is 16.5. The van der Waals surface area contributed by atoms with E-state index in [0.717, 1.165) is 0 Å². The van der Waals surface area contributed by atoms with Gasteiger partial charge in [0.05, 0.1) is 38.4 Å². The number of hydrogen-bond acceptors (Lipinski definition) is 7. The van der Waals surface area contributed by atoms with Crippen molar-refractivity contribution in [2.75, 3.05) is 32.7 Å². The van der Waals surface area contributed by atoms with Gasteiger partial charge in [0.25, 0.3) is 5.69 Å². The summed E-state index contributed by atoms with van der Waals surface area (Å²) in [5.74, 6) is 0.235. The van der Waals surface area contributed by atoms with E-state index in [9.17, 15) is 14.9 Å². The highest BCUT2D eigenvalue weighted by Gasteiger charge is 2.19. The Bertz CT molecular complexity index is 538. The monoisotopic (exact) mass is 376 g/mol. The first-order valence-electron chi connectivity index (χ1n) is 6.35. The van der Waals surface area contributed by atoms with Crippen molar-refractivity contribution in [3.8, 4) is 11.5 Å². The molecule has 122 valence electrons. The van der Waals surface area contributed by atoms with E-state index in [2.05, 4.69) is 26.0 Å². The largest absolute Gasteiger partial charge is 0.493 e. The van der Waals surface area contributed by atoms with Crippen molar-refractivity contribution in [3.63, 3.8) is 0 Å². The smallest absolute Gasteiger partial charge is 0.319 e. The summed E-state index contributed by atoms with van der Waals surface area (Å²) in [5.41, 5.74) is 0.277. The quantitative estimate of drug-likeness (QED) is 0.302. The van der Waals surface area contributed by atoms with Crippen molar-refractivity contribution in [3.05, 3.63) is 27.8 Å². The fourth-order valence-corrected chi connectivity index (χ4v) is 1.86. The third-order valence-electron chi connectivity index (χ3n) is 2.71. The molecule has 22 heavy (non-hydrogen) atoms. The number of carbonyl (C=O) groups is 1. The van der Waals surface area contributed by atoms with Crippen molar-refractivity contribution in [1.29, 1.82) is 0 Å². The lowest BCUT2D eigenvalue weighted by molar-refractivity contribution is -0.385. The van der Waals surface area contributed by atoms with E-state index in [4.69, 9.17) is 9.47 Å². The van der Waals surface area contributed by atoms with Gasteiger partial charge in [0.1, 0.15) is 0 Å². The normalized spacial score (nSPS) is 10.1. The zero-order valence-corrected chi connectivity index (χ0v) is 13.8. The number of ether oxygens (including phenoxy) is 3. The molecule has 0 unspecified atom stereocenters. The molecule has 8 nitrogen and oxygen atoms in total. The number of hydrogen-bond donors (Lipinski definition) is 1. The molecule has 0 heterocycles. The Morgan fingerprint density at radius 2 is 2.09 bits per heavy atom. The number of nitrogens with one attached hydrogen (secondary N) is 1. The highest BCUT2D eigenvalue weighted by atomic mass is 79.9. The number of alkyl halides is 1. The van der Waals surface area contributed by atoms with Crippen LogP contribution in [0, 0.1) is 10.1 Å². The number of nitro benzene ring substituents is 1. The van der Waals surface area contributed by atoms with Gasteiger partial charge in [-0.1, -0.05) is 15.9 Å². The van der Waals surface area contributed by atoms with Crippen LogP contribution in [0.4, 0.5) is 5.69 Å². The van der Waals surface area contributed by atoms with Crippen LogP contribution in [0.1, 0.15) is 5.56 Å². The maximum absolute atomic E-state index is 11.2. The van der Waals surface area contributed by atoms with Gasteiger partial charge in [-0.3, -0.25) is 14.9 Å². The minimum atomic E-state index is -0.504. The number of benzene rings is 1. The van der Waals surface area contributed by atoms with Gasteiger partial charge in [-0.2, -0.15) is 0 Å². The molecule has 0 saturated carbocycles. The minimum absolute atomic E-state index is 0.0438. The van der Waals surface area contributed by atoms with Gasteiger partial charge < -0.3 is 19.5 Å². The van der Waals surface area contributed by atoms with Crippen molar-refractivity contribution < 1.29 is 23.9 Å². The zero-order valence-electron chi connectivity index (χ0n) is 12.3. The predicted octanol–water partition coefficient (Wildman–Crippen LogP) is 1.64. The summed E-state index contributed by atoms with van der Waals surface area (Å²) in [5, 5.41) is 14.5. The lowest BCUT2D eigenvalue weighted by Gasteiger charge is -2.12. The van der Waals surface area contributed by atoms with E-state index in [1.165, 1.54) is 26.4 Å². The molecule has 0 radical (unpaired) electrons. The summed E-state index contributed by atoms with van der Waals surface area (Å²) in [7, 11) is 2.72. The molecule has 0 fully saturated rings. The number of halogens is 1. The van der Waals surface area contributed by atoms with E-state index in [0.29, 0.717) is 29.0 Å². The molecule has 0 atom stereocenters. The van der Waals surface area contributed by atoms with Crippen LogP contribution in [0.5, 0.6) is 11.5 Å². The number of rotatable bonds is 9. The number of esters is 1. The van der Waals surface area contributed by atoms with Crippen molar-refractivity contribution in [2.24, 2.45) is 0 Å². The Kier molecular flexibility index (Phi) is 7.61. The van der Waals surface area contributed by atoms with Gasteiger partial charge in [0.2, 0.25) is 0 Å². The minimum Gasteiger partial charge on any atom is -0.493 e. The van der Waals surface area contributed by atoms with E-state index in [1.807, 2.05) is 0 Å². The van der Waals surface area contributed by atoms with Crippen LogP contribution in [-0.2, 0) is 16.1 Å². The SMILES string of the molecule is COC(=O)CNCc1cc(OC)c(OCCBr)cc1[N+](=O)[O-]. The highest BCUT2D eigenvalue weighted by Crippen LogP contribution is 2.34. The number of nitro groups is 1. The average Bonchev–Trinajstić information content (AvgIpc) is 2.52. The predicted molar refractivity (Wildman–Crippen MR) is 82.7 cm³/mol. The Hall–Kier alpha value is -1.87. The Morgan fingerprint density at radius 1 is 1.36 bits per heavy atom. The molecule has 0 saturated heterocycles. The molecule has 0 aliphatic carbocycles. The van der Waals surface area contributed by atoms with E-state index in [1.54, 1.807) is 0 Å². The summed E-state index contributed by atoms with van der Waals surface area (Å²) in [6.45, 7) is 0.436. The van der Waals surface area contributed by atoms with E-state index in [-0.39, 0.29) is 18.8 Å². The van der Waals surface area contributed by atoms with Crippen LogP contribution in [0.2, 0.25) is 0 Å². The second kappa shape index (κ2) is 9.21. The molecule has 1 aromatic carbocycles. The topological polar surface area (TPSA) is 99.9 Å². The summed E-state index contributed by atoms with van der Waals surface area (Å²) in [6, 6.07) is 2.84. The number of nitrogens with zero attached hydrogens (tertiary/aromatic N) is 1. The van der Waals surface area contributed by atoms with Crippen LogP contribution in [0.15, 0.2) is 12.1 Å². The van der Waals surface area contributed by atoms with Crippen molar-refractivity contribution in [1.82, 2.24) is 5.32 Å². The molecule has 1 aromatic rings. The molecule has 1 rings (SSSR count). The maximum Gasteiger partial charge on any atom is 0.319 e. The molecular formula is C13H17BrN2O6. The second-order valence-corrected chi connectivity index (χ2v) is 4.90. The van der Waals surface area contributed by atoms with Crippen LogP contribution in [0.25, 0.3) is 0 Å². The first kappa shape index (κ1) is 18.2. The Morgan fingerprint density at radius 3 is 2.64 bits per heavy atom. The van der Waals surface area contributed by atoms with Crippen LogP contribution >= 0.6 is 15.9 Å². The number of methoxy groups -OCH3 is 2.